The minimum atomic E-state index is -4.43. The van der Waals surface area contributed by atoms with Gasteiger partial charge < -0.3 is 10.1 Å². The van der Waals surface area contributed by atoms with Gasteiger partial charge in [-0.2, -0.15) is 13.2 Å². The highest BCUT2D eigenvalue weighted by Crippen LogP contribution is 2.32. The van der Waals surface area contributed by atoms with Crippen LogP contribution in [0.3, 0.4) is 0 Å². The van der Waals surface area contributed by atoms with Crippen molar-refractivity contribution < 1.29 is 27.5 Å². The zero-order chi connectivity index (χ0) is 17.7. The van der Waals surface area contributed by atoms with Crippen molar-refractivity contribution in [2.45, 2.75) is 6.18 Å². The number of urea groups is 1. The zero-order valence-corrected chi connectivity index (χ0v) is 12.9. The van der Waals surface area contributed by atoms with E-state index >= 15 is 0 Å². The standard InChI is InChI=1S/C16H15F3N2O3/c1-21(23-2)15(22)20-12-6-8-13(9-7-12)24-14-5-3-4-11(10-14)16(17,18)19/h3-10H,1-2H3,(H,20,22). The second-order valence-corrected chi connectivity index (χ2v) is 4.76. The lowest BCUT2D eigenvalue weighted by atomic mass is 10.2. The Morgan fingerprint density at radius 3 is 2.33 bits per heavy atom. The van der Waals surface area contributed by atoms with Crippen molar-refractivity contribution in [2.75, 3.05) is 19.5 Å². The van der Waals surface area contributed by atoms with Crippen LogP contribution in [0.5, 0.6) is 11.5 Å². The van der Waals surface area contributed by atoms with E-state index in [-0.39, 0.29) is 5.75 Å². The van der Waals surface area contributed by atoms with Crippen LogP contribution in [0.25, 0.3) is 0 Å². The lowest BCUT2D eigenvalue weighted by molar-refractivity contribution is -0.137. The number of hydrogen-bond donors (Lipinski definition) is 1. The minimum Gasteiger partial charge on any atom is -0.457 e. The molecule has 8 heteroatoms. The van der Waals surface area contributed by atoms with E-state index in [4.69, 9.17) is 9.57 Å². The molecule has 2 aromatic carbocycles. The summed E-state index contributed by atoms with van der Waals surface area (Å²) in [5.74, 6) is 0.410. The van der Waals surface area contributed by atoms with E-state index in [1.54, 1.807) is 12.1 Å². The molecule has 0 aliphatic carbocycles. The summed E-state index contributed by atoms with van der Waals surface area (Å²) in [6.07, 6.45) is -4.43. The lowest BCUT2D eigenvalue weighted by Crippen LogP contribution is -2.30. The molecule has 0 spiro atoms. The highest BCUT2D eigenvalue weighted by molar-refractivity contribution is 5.88. The van der Waals surface area contributed by atoms with E-state index in [0.717, 1.165) is 17.2 Å². The number of rotatable bonds is 4. The summed E-state index contributed by atoms with van der Waals surface area (Å²) in [6.45, 7) is 0. The second-order valence-electron chi connectivity index (χ2n) is 4.76. The van der Waals surface area contributed by atoms with Crippen LogP contribution in [0.15, 0.2) is 48.5 Å². The molecule has 5 nitrogen and oxygen atoms in total. The number of hydroxylamine groups is 2. The van der Waals surface area contributed by atoms with Gasteiger partial charge >= 0.3 is 12.2 Å². The number of ether oxygens (including phenoxy) is 1. The Labute approximate surface area is 136 Å². The molecule has 0 atom stereocenters. The van der Waals surface area contributed by atoms with Crippen molar-refractivity contribution in [3.63, 3.8) is 0 Å². The molecule has 0 fully saturated rings. The van der Waals surface area contributed by atoms with Gasteiger partial charge in [-0.1, -0.05) is 6.07 Å². The molecule has 0 saturated carbocycles. The van der Waals surface area contributed by atoms with Crippen molar-refractivity contribution in [2.24, 2.45) is 0 Å². The molecule has 0 bridgehead atoms. The number of carbonyl (C=O) groups is 1. The van der Waals surface area contributed by atoms with Crippen LogP contribution in [-0.4, -0.2) is 25.3 Å². The van der Waals surface area contributed by atoms with Crippen LogP contribution in [-0.2, 0) is 11.0 Å². The molecule has 0 saturated heterocycles. The van der Waals surface area contributed by atoms with Gasteiger partial charge in [0.15, 0.2) is 0 Å². The van der Waals surface area contributed by atoms with Gasteiger partial charge in [0.1, 0.15) is 11.5 Å². The first-order chi connectivity index (χ1) is 11.3. The normalized spacial score (nSPS) is 11.0. The predicted molar refractivity (Wildman–Crippen MR) is 81.8 cm³/mol. The van der Waals surface area contributed by atoms with E-state index < -0.39 is 17.8 Å². The third kappa shape index (κ3) is 4.63. The number of alkyl halides is 3. The fourth-order valence-electron chi connectivity index (χ4n) is 1.76. The quantitative estimate of drug-likeness (QED) is 0.833. The number of anilines is 1. The zero-order valence-electron chi connectivity index (χ0n) is 12.9. The number of nitrogens with one attached hydrogen (secondary N) is 1. The Hall–Kier alpha value is -2.74. The van der Waals surface area contributed by atoms with Crippen LogP contribution < -0.4 is 10.1 Å². The first kappa shape index (κ1) is 17.6. The highest BCUT2D eigenvalue weighted by Gasteiger charge is 2.30. The molecule has 2 aromatic rings. The molecule has 1 N–H and O–H groups in total. The maximum absolute atomic E-state index is 12.7. The third-order valence-corrected chi connectivity index (χ3v) is 3.06. The largest absolute Gasteiger partial charge is 0.457 e. The smallest absolute Gasteiger partial charge is 0.416 e. The molecule has 0 aliphatic heterocycles. The van der Waals surface area contributed by atoms with Crippen LogP contribution >= 0.6 is 0 Å². The van der Waals surface area contributed by atoms with E-state index in [1.165, 1.54) is 38.4 Å². The summed E-state index contributed by atoms with van der Waals surface area (Å²) in [7, 11) is 2.80. The van der Waals surface area contributed by atoms with Gasteiger partial charge in [-0.3, -0.25) is 4.84 Å². The molecular formula is C16H15F3N2O3. The summed E-state index contributed by atoms with van der Waals surface area (Å²) >= 11 is 0. The van der Waals surface area contributed by atoms with E-state index in [1.807, 2.05) is 0 Å². The molecule has 0 unspecified atom stereocenters. The van der Waals surface area contributed by atoms with Crippen molar-refractivity contribution in [3.05, 3.63) is 54.1 Å². The predicted octanol–water partition coefficient (Wildman–Crippen LogP) is 4.52. The average Bonchev–Trinajstić information content (AvgIpc) is 2.55. The highest BCUT2D eigenvalue weighted by atomic mass is 19.4. The number of halogens is 3. The first-order valence-corrected chi connectivity index (χ1v) is 6.83. The van der Waals surface area contributed by atoms with Crippen LogP contribution in [0, 0.1) is 0 Å². The van der Waals surface area contributed by atoms with Gasteiger partial charge in [0.2, 0.25) is 0 Å². The van der Waals surface area contributed by atoms with Crippen molar-refractivity contribution >= 4 is 11.7 Å². The molecule has 2 rings (SSSR count). The van der Waals surface area contributed by atoms with Crippen LogP contribution in [0.2, 0.25) is 0 Å². The summed E-state index contributed by atoms with van der Waals surface area (Å²) in [6, 6.07) is 10.3. The Bertz CT molecular complexity index is 702. The molecule has 0 radical (unpaired) electrons. The number of benzene rings is 2. The van der Waals surface area contributed by atoms with Gasteiger partial charge in [-0.05, 0) is 42.5 Å². The molecule has 128 valence electrons. The van der Waals surface area contributed by atoms with Crippen LogP contribution in [0.4, 0.5) is 23.7 Å². The van der Waals surface area contributed by atoms with Gasteiger partial charge in [-0.15, -0.1) is 0 Å². The Morgan fingerprint density at radius 1 is 1.08 bits per heavy atom. The fourth-order valence-corrected chi connectivity index (χ4v) is 1.76. The molecular weight excluding hydrogens is 325 g/mol. The van der Waals surface area contributed by atoms with Crippen molar-refractivity contribution in [1.82, 2.24) is 5.06 Å². The molecule has 2 amide bonds. The Kier molecular flexibility index (Phi) is 5.30. The van der Waals surface area contributed by atoms with Gasteiger partial charge in [-0.25, -0.2) is 9.86 Å². The van der Waals surface area contributed by atoms with E-state index in [0.29, 0.717) is 11.4 Å². The summed E-state index contributed by atoms with van der Waals surface area (Å²) in [5.41, 5.74) is -0.299. The molecule has 0 aliphatic rings. The lowest BCUT2D eigenvalue weighted by Gasteiger charge is -2.15. The maximum atomic E-state index is 12.7. The maximum Gasteiger partial charge on any atom is 0.416 e. The van der Waals surface area contributed by atoms with Crippen molar-refractivity contribution in [3.8, 4) is 11.5 Å². The molecule has 0 aromatic heterocycles. The SMILES string of the molecule is CON(C)C(=O)Nc1ccc(Oc2cccc(C(F)(F)F)c2)cc1. The van der Waals surface area contributed by atoms with Gasteiger partial charge in [0.05, 0.1) is 12.7 Å². The molecule has 24 heavy (non-hydrogen) atoms. The Balaban J connectivity index is 2.06. The fraction of sp³-hybridized carbons (Fsp3) is 0.188. The number of hydrogen-bond acceptors (Lipinski definition) is 3. The Morgan fingerprint density at radius 2 is 1.75 bits per heavy atom. The van der Waals surface area contributed by atoms with E-state index in [9.17, 15) is 18.0 Å². The van der Waals surface area contributed by atoms with Crippen LogP contribution in [0.1, 0.15) is 5.56 Å². The van der Waals surface area contributed by atoms with Gasteiger partial charge in [0, 0.05) is 12.7 Å². The second kappa shape index (κ2) is 7.22. The number of amides is 2. The third-order valence-electron chi connectivity index (χ3n) is 3.06. The summed E-state index contributed by atoms with van der Waals surface area (Å²) in [4.78, 5) is 16.3. The number of carbonyl (C=O) groups excluding carboxylic acids is 1. The van der Waals surface area contributed by atoms with Gasteiger partial charge in [0.25, 0.3) is 0 Å². The average molecular weight is 340 g/mol. The summed E-state index contributed by atoms with van der Waals surface area (Å²) in [5, 5.41) is 3.58. The number of nitrogens with zero attached hydrogens (tertiary/aromatic N) is 1. The topological polar surface area (TPSA) is 50.8 Å². The minimum absolute atomic E-state index is 0.0701. The first-order valence-electron chi connectivity index (χ1n) is 6.83. The monoisotopic (exact) mass is 340 g/mol. The summed E-state index contributed by atoms with van der Waals surface area (Å²) < 4.78 is 43.4. The molecule has 0 heterocycles. The van der Waals surface area contributed by atoms with E-state index in [2.05, 4.69) is 5.32 Å². The van der Waals surface area contributed by atoms with Crippen molar-refractivity contribution in [1.29, 1.82) is 0 Å².